The van der Waals surface area contributed by atoms with Crippen LogP contribution in [-0.4, -0.2) is 19.6 Å². The van der Waals surface area contributed by atoms with Crippen molar-refractivity contribution in [3.8, 4) is 56.3 Å². The lowest BCUT2D eigenvalue weighted by atomic mass is 9.80. The predicted octanol–water partition coefficient (Wildman–Crippen LogP) is 13.0. The van der Waals surface area contributed by atoms with Crippen molar-refractivity contribution in [2.24, 2.45) is 0 Å². The Balaban J connectivity index is 1.50. The van der Waals surface area contributed by atoms with Crippen LogP contribution in [0.1, 0.15) is 84.6 Å². The van der Waals surface area contributed by atoms with Gasteiger partial charge in [-0.25, -0.2) is 4.98 Å². The summed E-state index contributed by atoms with van der Waals surface area (Å²) < 4.78 is 2.24. The Morgan fingerprint density at radius 1 is 0.528 bits per heavy atom. The van der Waals surface area contributed by atoms with Gasteiger partial charge in [0.25, 0.3) is 0 Å². The number of para-hydroxylation sites is 2. The largest absolute Gasteiger partial charge is 0.507 e. The van der Waals surface area contributed by atoms with E-state index in [0.717, 1.165) is 44.7 Å². The van der Waals surface area contributed by atoms with E-state index in [-0.39, 0.29) is 22.0 Å². The molecule has 2 heterocycles. The molecule has 4 nitrogen and oxygen atoms in total. The number of nitrogens with zero attached hydrogens (tertiary/aromatic N) is 3. The molecule has 0 saturated carbocycles. The van der Waals surface area contributed by atoms with E-state index in [0.29, 0.717) is 11.4 Å². The van der Waals surface area contributed by atoms with Crippen molar-refractivity contribution >= 4 is 11.0 Å². The zero-order valence-corrected chi connectivity index (χ0v) is 32.8. The Morgan fingerprint density at radius 2 is 1.13 bits per heavy atom. The second-order valence-corrected chi connectivity index (χ2v) is 17.6. The normalized spacial score (nSPS) is 12.4. The first-order chi connectivity index (χ1) is 25.0. The van der Waals surface area contributed by atoms with Crippen molar-refractivity contribution in [2.75, 3.05) is 0 Å². The Bertz CT molecular complexity index is 2450. The molecule has 53 heavy (non-hydrogen) atoms. The van der Waals surface area contributed by atoms with Crippen LogP contribution >= 0.6 is 0 Å². The molecule has 0 aliphatic carbocycles. The van der Waals surface area contributed by atoms with Crippen LogP contribution in [0.25, 0.3) is 61.6 Å². The minimum Gasteiger partial charge on any atom is -0.507 e. The molecular weight excluding hydrogens is 647 g/mol. The molecule has 7 aromatic rings. The Kier molecular flexibility index (Phi) is 8.93. The van der Waals surface area contributed by atoms with Gasteiger partial charge in [0.2, 0.25) is 0 Å². The molecule has 5 aromatic carbocycles. The first kappa shape index (κ1) is 35.9. The number of phenols is 1. The third-order valence-electron chi connectivity index (χ3n) is 10.3. The Morgan fingerprint density at radius 3 is 1.79 bits per heavy atom. The van der Waals surface area contributed by atoms with E-state index in [2.05, 4.69) is 165 Å². The summed E-state index contributed by atoms with van der Waals surface area (Å²) in [6.07, 6.45) is 1.91. The van der Waals surface area contributed by atoms with Gasteiger partial charge >= 0.3 is 0 Å². The zero-order chi connectivity index (χ0) is 37.9. The molecule has 0 spiro atoms. The van der Waals surface area contributed by atoms with Crippen LogP contribution in [0.4, 0.5) is 0 Å². The first-order valence-corrected chi connectivity index (χ1v) is 18.6. The van der Waals surface area contributed by atoms with E-state index >= 15 is 0 Å². The van der Waals surface area contributed by atoms with Gasteiger partial charge in [0.15, 0.2) is 0 Å². The average molecular weight is 698 g/mol. The quantitative estimate of drug-likeness (QED) is 0.195. The number of hydrogen-bond acceptors (Lipinski definition) is 3. The van der Waals surface area contributed by atoms with Crippen molar-refractivity contribution in [1.82, 2.24) is 14.5 Å². The maximum Gasteiger partial charge on any atom is 0.149 e. The third kappa shape index (κ3) is 7.15. The highest BCUT2D eigenvalue weighted by Crippen LogP contribution is 2.41. The minimum absolute atomic E-state index is 0.0684. The molecule has 0 saturated heterocycles. The number of pyridine rings is 1. The maximum atomic E-state index is 11.3. The molecule has 268 valence electrons. The first-order valence-electron chi connectivity index (χ1n) is 18.6. The van der Waals surface area contributed by atoms with E-state index in [1.54, 1.807) is 6.07 Å². The van der Waals surface area contributed by atoms with Gasteiger partial charge in [0.1, 0.15) is 11.6 Å². The van der Waals surface area contributed by atoms with Crippen LogP contribution in [0, 0.1) is 6.92 Å². The van der Waals surface area contributed by atoms with Crippen molar-refractivity contribution in [2.45, 2.75) is 85.5 Å². The Hall–Kier alpha value is -5.48. The van der Waals surface area contributed by atoms with Crippen molar-refractivity contribution in [3.05, 3.63) is 144 Å². The van der Waals surface area contributed by atoms with Gasteiger partial charge in [0, 0.05) is 23.0 Å². The molecule has 0 amide bonds. The zero-order valence-electron chi connectivity index (χ0n) is 32.8. The van der Waals surface area contributed by atoms with Gasteiger partial charge in [-0.05, 0) is 111 Å². The average Bonchev–Trinajstić information content (AvgIpc) is 3.50. The lowest BCUT2D eigenvalue weighted by Crippen LogP contribution is -2.17. The molecule has 0 aliphatic rings. The van der Waals surface area contributed by atoms with E-state index in [1.807, 2.05) is 24.4 Å². The number of hydrogen-bond donors (Lipinski definition) is 1. The summed E-state index contributed by atoms with van der Waals surface area (Å²) in [5, 5.41) is 11.3. The molecule has 0 unspecified atom stereocenters. The van der Waals surface area contributed by atoms with Crippen LogP contribution in [-0.2, 0) is 16.2 Å². The number of aromatic hydroxyl groups is 1. The van der Waals surface area contributed by atoms with Gasteiger partial charge in [-0.1, -0.05) is 129 Å². The van der Waals surface area contributed by atoms with Crippen LogP contribution in [0.2, 0.25) is 0 Å². The van der Waals surface area contributed by atoms with Gasteiger partial charge in [-0.2, -0.15) is 0 Å². The topological polar surface area (TPSA) is 50.9 Å². The van der Waals surface area contributed by atoms with Crippen molar-refractivity contribution in [3.63, 3.8) is 0 Å². The molecule has 4 heteroatoms. The molecule has 0 aliphatic heterocycles. The Labute approximate surface area is 315 Å². The van der Waals surface area contributed by atoms with Crippen LogP contribution in [0.5, 0.6) is 5.75 Å². The fourth-order valence-corrected chi connectivity index (χ4v) is 7.00. The van der Waals surface area contributed by atoms with Gasteiger partial charge in [-0.3, -0.25) is 9.55 Å². The molecule has 0 radical (unpaired) electrons. The lowest BCUT2D eigenvalue weighted by molar-refractivity contribution is 0.477. The maximum absolute atomic E-state index is 11.3. The number of aryl methyl sites for hydroxylation is 1. The second kappa shape index (κ2) is 13.2. The summed E-state index contributed by atoms with van der Waals surface area (Å²) in [7, 11) is 0. The highest BCUT2D eigenvalue weighted by atomic mass is 16.3. The fourth-order valence-electron chi connectivity index (χ4n) is 7.00. The summed E-state index contributed by atoms with van der Waals surface area (Å²) in [4.78, 5) is 10.3. The molecule has 2 aromatic heterocycles. The molecule has 0 bridgehead atoms. The molecule has 0 fully saturated rings. The highest BCUT2D eigenvalue weighted by molar-refractivity contribution is 5.97. The molecule has 0 atom stereocenters. The number of benzene rings is 5. The van der Waals surface area contributed by atoms with Crippen LogP contribution in [0.15, 0.2) is 121 Å². The molecule has 7 rings (SSSR count). The monoisotopic (exact) mass is 697 g/mol. The summed E-state index contributed by atoms with van der Waals surface area (Å²) in [5.74, 6) is 0.904. The number of fused-ring (bicyclic) bond motifs is 1. The summed E-state index contributed by atoms with van der Waals surface area (Å²) in [6.45, 7) is 22.5. The predicted molar refractivity (Wildman–Crippen MR) is 223 cm³/mol. The fraction of sp³-hybridized carbons (Fsp3) is 0.265. The summed E-state index contributed by atoms with van der Waals surface area (Å²) >= 11 is 0. The SMILES string of the molecule is Cc1cccc(-c2ccnc(-c3cc(-c4cccc5c4nc(-c4ccccc4O)n5-c4cc(C(C)(C)C)cc(C(C)(C)C)c4)cc(C(C)(C)C)c3)c2)c1. The summed E-state index contributed by atoms with van der Waals surface area (Å²) in [5.41, 5.74) is 14.7. The van der Waals surface area contributed by atoms with E-state index < -0.39 is 0 Å². The molecular formula is C49H51N3O. The molecule has 1 N–H and O–H groups in total. The standard InChI is InChI=1S/C49H51N3O/c1-31-15-13-16-32(23-31)33-21-22-50-42(27-33)35-24-34(25-36(26-35)47(2,3)4)40-18-14-19-43-45(40)51-46(41-17-11-12-20-44(41)53)52(43)39-29-37(48(5,6)7)28-38(30-39)49(8,9)10/h11-30,53H,1-10H3. The van der Waals surface area contributed by atoms with E-state index in [1.165, 1.54) is 27.8 Å². The third-order valence-corrected chi connectivity index (χ3v) is 10.3. The smallest absolute Gasteiger partial charge is 0.149 e. The van der Waals surface area contributed by atoms with Crippen LogP contribution in [0.3, 0.4) is 0 Å². The van der Waals surface area contributed by atoms with Crippen molar-refractivity contribution < 1.29 is 5.11 Å². The number of aromatic nitrogens is 3. The van der Waals surface area contributed by atoms with E-state index in [9.17, 15) is 5.11 Å². The number of rotatable bonds is 5. The number of phenolic OH excluding ortho intramolecular Hbond substituents is 1. The summed E-state index contributed by atoms with van der Waals surface area (Å²) in [6, 6.07) is 40.6. The van der Waals surface area contributed by atoms with Crippen LogP contribution < -0.4 is 0 Å². The van der Waals surface area contributed by atoms with Gasteiger partial charge in [0.05, 0.1) is 22.3 Å². The highest BCUT2D eigenvalue weighted by Gasteiger charge is 2.25. The number of imidazole rings is 1. The van der Waals surface area contributed by atoms with Crippen molar-refractivity contribution in [1.29, 1.82) is 0 Å². The van der Waals surface area contributed by atoms with E-state index in [4.69, 9.17) is 9.97 Å². The van der Waals surface area contributed by atoms with Gasteiger partial charge < -0.3 is 5.11 Å². The second-order valence-electron chi connectivity index (χ2n) is 17.6. The van der Waals surface area contributed by atoms with Gasteiger partial charge in [-0.15, -0.1) is 0 Å². The minimum atomic E-state index is -0.107. The lowest BCUT2D eigenvalue weighted by Gasteiger charge is -2.27.